The van der Waals surface area contributed by atoms with Crippen molar-refractivity contribution in [2.45, 2.75) is 19.4 Å². The molecule has 0 aliphatic carbocycles. The molecule has 1 saturated heterocycles. The molecule has 3 aromatic rings. The zero-order valence-electron chi connectivity index (χ0n) is 17.9. The fraction of sp³-hybridized carbons (Fsp3) is 0.250. The fourth-order valence-corrected chi connectivity index (χ4v) is 3.65. The summed E-state index contributed by atoms with van der Waals surface area (Å²) in [6, 6.07) is 13.5. The Kier molecular flexibility index (Phi) is 6.80. The molecule has 170 valence electrons. The quantitative estimate of drug-likeness (QED) is 0.456. The highest BCUT2D eigenvalue weighted by molar-refractivity contribution is 5.89. The van der Waals surface area contributed by atoms with Gasteiger partial charge in [-0.15, -0.1) is 0 Å². The fourth-order valence-electron chi connectivity index (χ4n) is 3.65. The molecule has 1 fully saturated rings. The summed E-state index contributed by atoms with van der Waals surface area (Å²) < 4.78 is 5.79. The third-order valence-corrected chi connectivity index (χ3v) is 5.34. The summed E-state index contributed by atoms with van der Waals surface area (Å²) in [5.74, 6) is 0.0285. The van der Waals surface area contributed by atoms with Crippen molar-refractivity contribution in [3.8, 4) is 17.0 Å². The number of carboxylic acids is 1. The molecule has 2 aromatic carbocycles. The minimum atomic E-state index is -1.00. The second-order valence-electron chi connectivity index (χ2n) is 7.59. The van der Waals surface area contributed by atoms with Crippen molar-refractivity contribution in [1.29, 1.82) is 0 Å². The molecule has 0 unspecified atom stereocenters. The van der Waals surface area contributed by atoms with Crippen molar-refractivity contribution in [2.75, 3.05) is 25.0 Å². The summed E-state index contributed by atoms with van der Waals surface area (Å²) in [6.07, 6.45) is 3.06. The van der Waals surface area contributed by atoms with Gasteiger partial charge >= 0.3 is 5.97 Å². The molecule has 9 heteroatoms. The number of nitrogens with zero attached hydrogens (tertiary/aromatic N) is 3. The first kappa shape index (κ1) is 22.2. The number of carbonyl (C=O) groups excluding carboxylic acids is 1. The van der Waals surface area contributed by atoms with E-state index in [0.29, 0.717) is 53.8 Å². The third-order valence-electron chi connectivity index (χ3n) is 5.34. The maximum absolute atomic E-state index is 11.7. The Morgan fingerprint density at radius 3 is 2.82 bits per heavy atom. The van der Waals surface area contributed by atoms with Crippen LogP contribution < -0.4 is 10.1 Å². The van der Waals surface area contributed by atoms with Crippen LogP contribution in [-0.4, -0.2) is 56.7 Å². The van der Waals surface area contributed by atoms with Crippen LogP contribution in [-0.2, 0) is 11.4 Å². The molecular weight excluding hydrogens is 424 g/mol. The van der Waals surface area contributed by atoms with Gasteiger partial charge in [0.2, 0.25) is 11.9 Å². The smallest absolute Gasteiger partial charge is 0.335 e. The highest BCUT2D eigenvalue weighted by Crippen LogP contribution is 2.26. The van der Waals surface area contributed by atoms with Crippen molar-refractivity contribution >= 4 is 23.5 Å². The topological polar surface area (TPSA) is 125 Å². The van der Waals surface area contributed by atoms with E-state index in [1.807, 2.05) is 0 Å². The first-order valence-electron chi connectivity index (χ1n) is 10.6. The van der Waals surface area contributed by atoms with Gasteiger partial charge in [0.25, 0.3) is 0 Å². The van der Waals surface area contributed by atoms with Crippen LogP contribution in [0.25, 0.3) is 11.3 Å². The lowest BCUT2D eigenvalue weighted by Crippen LogP contribution is -2.29. The van der Waals surface area contributed by atoms with Crippen LogP contribution in [0.1, 0.15) is 28.8 Å². The van der Waals surface area contributed by atoms with Crippen molar-refractivity contribution in [2.24, 2.45) is 0 Å². The molecule has 2 heterocycles. The maximum Gasteiger partial charge on any atom is 0.335 e. The summed E-state index contributed by atoms with van der Waals surface area (Å²) in [4.78, 5) is 33.4. The zero-order valence-corrected chi connectivity index (χ0v) is 17.9. The molecule has 0 atom stereocenters. The summed E-state index contributed by atoms with van der Waals surface area (Å²) in [5, 5.41) is 22.1. The standard InChI is InChI=1S/C24H24N4O5/c29-15-18-14-19(6-7-21(18)33-12-11-28-10-2-5-22(28)30)26-24-25-9-8-20(27-24)16-3-1-4-17(13-16)23(31)32/h1,3-4,6-9,13-14,29H,2,5,10-12,15H2,(H,31,32)(H,25,26,27). The number of likely N-dealkylation sites (tertiary alicyclic amines) is 1. The zero-order chi connectivity index (χ0) is 23.2. The van der Waals surface area contributed by atoms with Gasteiger partial charge in [-0.1, -0.05) is 12.1 Å². The Balaban J connectivity index is 1.44. The van der Waals surface area contributed by atoms with Gasteiger partial charge in [0.15, 0.2) is 0 Å². The van der Waals surface area contributed by atoms with E-state index in [2.05, 4.69) is 15.3 Å². The lowest BCUT2D eigenvalue weighted by Gasteiger charge is -2.17. The second kappa shape index (κ2) is 10.1. The first-order chi connectivity index (χ1) is 16.0. The molecule has 3 N–H and O–H groups in total. The molecule has 1 amide bonds. The van der Waals surface area contributed by atoms with Crippen LogP contribution in [0, 0.1) is 0 Å². The number of aromatic nitrogens is 2. The van der Waals surface area contributed by atoms with E-state index >= 15 is 0 Å². The first-order valence-corrected chi connectivity index (χ1v) is 10.6. The Labute approximate surface area is 190 Å². The minimum Gasteiger partial charge on any atom is -0.491 e. The third kappa shape index (κ3) is 5.45. The van der Waals surface area contributed by atoms with Gasteiger partial charge in [0, 0.05) is 36.0 Å². The Morgan fingerprint density at radius 2 is 2.06 bits per heavy atom. The summed E-state index contributed by atoms with van der Waals surface area (Å²) >= 11 is 0. The van der Waals surface area contributed by atoms with E-state index in [1.165, 1.54) is 6.07 Å². The number of amides is 1. The van der Waals surface area contributed by atoms with Gasteiger partial charge in [-0.2, -0.15) is 0 Å². The van der Waals surface area contributed by atoms with E-state index in [4.69, 9.17) is 4.74 Å². The predicted molar refractivity (Wildman–Crippen MR) is 121 cm³/mol. The van der Waals surface area contributed by atoms with Crippen molar-refractivity contribution < 1.29 is 24.5 Å². The highest BCUT2D eigenvalue weighted by atomic mass is 16.5. The van der Waals surface area contributed by atoms with Gasteiger partial charge in [0.1, 0.15) is 12.4 Å². The second-order valence-corrected chi connectivity index (χ2v) is 7.59. The van der Waals surface area contributed by atoms with Crippen LogP contribution in [0.3, 0.4) is 0 Å². The number of anilines is 2. The predicted octanol–water partition coefficient (Wildman–Crippen LogP) is 3.08. The number of ether oxygens (including phenoxy) is 1. The number of aliphatic hydroxyl groups is 1. The van der Waals surface area contributed by atoms with Crippen molar-refractivity contribution in [3.63, 3.8) is 0 Å². The average molecular weight is 448 g/mol. The number of aliphatic hydroxyl groups excluding tert-OH is 1. The number of nitrogens with one attached hydrogen (secondary N) is 1. The van der Waals surface area contributed by atoms with E-state index in [0.717, 1.165) is 13.0 Å². The van der Waals surface area contributed by atoms with Gasteiger partial charge in [-0.25, -0.2) is 14.8 Å². The maximum atomic E-state index is 11.7. The van der Waals surface area contributed by atoms with Crippen LogP contribution in [0.5, 0.6) is 5.75 Å². The van der Waals surface area contributed by atoms with Crippen LogP contribution in [0.2, 0.25) is 0 Å². The molecule has 1 aliphatic heterocycles. The molecular formula is C24H24N4O5. The molecule has 9 nitrogen and oxygen atoms in total. The minimum absolute atomic E-state index is 0.150. The highest BCUT2D eigenvalue weighted by Gasteiger charge is 2.19. The van der Waals surface area contributed by atoms with E-state index < -0.39 is 5.97 Å². The van der Waals surface area contributed by atoms with Crippen LogP contribution in [0.4, 0.5) is 11.6 Å². The molecule has 1 aromatic heterocycles. The lowest BCUT2D eigenvalue weighted by molar-refractivity contribution is -0.128. The molecule has 1 aliphatic rings. The van der Waals surface area contributed by atoms with E-state index in [1.54, 1.807) is 53.6 Å². The summed E-state index contributed by atoms with van der Waals surface area (Å²) in [7, 11) is 0. The van der Waals surface area contributed by atoms with Crippen molar-refractivity contribution in [3.05, 3.63) is 65.9 Å². The van der Waals surface area contributed by atoms with Gasteiger partial charge in [-0.05, 0) is 42.8 Å². The van der Waals surface area contributed by atoms with E-state index in [9.17, 15) is 19.8 Å². The number of hydrogen-bond acceptors (Lipinski definition) is 7. The molecule has 33 heavy (non-hydrogen) atoms. The number of rotatable bonds is 9. The monoisotopic (exact) mass is 448 g/mol. The van der Waals surface area contributed by atoms with Crippen LogP contribution in [0.15, 0.2) is 54.7 Å². The average Bonchev–Trinajstić information content (AvgIpc) is 3.24. The molecule has 0 radical (unpaired) electrons. The number of carboxylic acid groups (broad SMARTS) is 1. The number of aromatic carboxylic acids is 1. The van der Waals surface area contributed by atoms with Crippen LogP contribution >= 0.6 is 0 Å². The summed E-state index contributed by atoms with van der Waals surface area (Å²) in [5.41, 5.74) is 2.68. The van der Waals surface area contributed by atoms with Gasteiger partial charge in [-0.3, -0.25) is 4.79 Å². The number of benzene rings is 2. The Morgan fingerprint density at radius 1 is 1.18 bits per heavy atom. The molecule has 0 saturated carbocycles. The summed E-state index contributed by atoms with van der Waals surface area (Å²) in [6.45, 7) is 1.42. The number of hydrogen-bond donors (Lipinski definition) is 3. The number of carbonyl (C=O) groups is 2. The van der Waals surface area contributed by atoms with Gasteiger partial charge < -0.3 is 25.2 Å². The normalized spacial score (nSPS) is 13.2. The van der Waals surface area contributed by atoms with Crippen molar-refractivity contribution in [1.82, 2.24) is 14.9 Å². The largest absolute Gasteiger partial charge is 0.491 e. The van der Waals surface area contributed by atoms with E-state index in [-0.39, 0.29) is 18.1 Å². The molecule has 0 spiro atoms. The SMILES string of the molecule is O=C(O)c1cccc(-c2ccnc(Nc3ccc(OCCN4CCCC4=O)c(CO)c3)n2)c1. The lowest BCUT2D eigenvalue weighted by atomic mass is 10.1. The Hall–Kier alpha value is -3.98. The molecule has 4 rings (SSSR count). The Bertz CT molecular complexity index is 1170. The molecule has 0 bridgehead atoms. The van der Waals surface area contributed by atoms with Gasteiger partial charge in [0.05, 0.1) is 24.4 Å².